The van der Waals surface area contributed by atoms with Gasteiger partial charge in [-0.15, -0.1) is 0 Å². The standard InChI is InChI=1S/C14H13Cl2N3O/c15-11-5-2-1-4-10(11)7-9-18-14(20)19-12-6-3-8-17-13(12)16/h1-6,8H,7,9H2,(H2,18,19,20). The molecule has 20 heavy (non-hydrogen) atoms. The minimum atomic E-state index is -0.327. The highest BCUT2D eigenvalue weighted by atomic mass is 35.5. The maximum Gasteiger partial charge on any atom is 0.319 e. The molecule has 4 nitrogen and oxygen atoms in total. The smallest absolute Gasteiger partial charge is 0.319 e. The molecule has 0 atom stereocenters. The molecule has 2 aromatic rings. The first-order valence-electron chi connectivity index (χ1n) is 6.05. The summed E-state index contributed by atoms with van der Waals surface area (Å²) in [7, 11) is 0. The molecule has 0 spiro atoms. The summed E-state index contributed by atoms with van der Waals surface area (Å²) >= 11 is 11.9. The van der Waals surface area contributed by atoms with Crippen molar-refractivity contribution in [3.8, 4) is 0 Å². The van der Waals surface area contributed by atoms with Crippen LogP contribution in [-0.2, 0) is 6.42 Å². The van der Waals surface area contributed by atoms with Crippen LogP contribution in [0, 0.1) is 0 Å². The molecule has 1 aromatic carbocycles. The number of hydrogen-bond donors (Lipinski definition) is 2. The molecule has 0 fully saturated rings. The van der Waals surface area contributed by atoms with Gasteiger partial charge in [-0.3, -0.25) is 0 Å². The molecular weight excluding hydrogens is 297 g/mol. The number of urea groups is 1. The zero-order chi connectivity index (χ0) is 14.4. The van der Waals surface area contributed by atoms with Crippen molar-refractivity contribution in [1.29, 1.82) is 0 Å². The Labute approximate surface area is 127 Å². The zero-order valence-electron chi connectivity index (χ0n) is 10.6. The number of hydrogen-bond acceptors (Lipinski definition) is 2. The van der Waals surface area contributed by atoms with Gasteiger partial charge in [-0.2, -0.15) is 0 Å². The Balaban J connectivity index is 1.82. The average molecular weight is 310 g/mol. The van der Waals surface area contributed by atoms with E-state index in [9.17, 15) is 4.79 Å². The summed E-state index contributed by atoms with van der Waals surface area (Å²) in [4.78, 5) is 15.6. The van der Waals surface area contributed by atoms with Gasteiger partial charge in [0.25, 0.3) is 0 Å². The minimum Gasteiger partial charge on any atom is -0.338 e. The van der Waals surface area contributed by atoms with E-state index in [1.54, 1.807) is 18.3 Å². The van der Waals surface area contributed by atoms with Crippen LogP contribution in [0.15, 0.2) is 42.6 Å². The molecule has 0 radical (unpaired) electrons. The number of aromatic nitrogens is 1. The highest BCUT2D eigenvalue weighted by Gasteiger charge is 2.05. The first-order chi connectivity index (χ1) is 9.66. The summed E-state index contributed by atoms with van der Waals surface area (Å²) < 4.78 is 0. The molecule has 2 rings (SSSR count). The number of carbonyl (C=O) groups excluding carboxylic acids is 1. The fourth-order valence-corrected chi connectivity index (χ4v) is 2.05. The first-order valence-corrected chi connectivity index (χ1v) is 6.81. The normalized spacial score (nSPS) is 10.1. The first kappa shape index (κ1) is 14.6. The van der Waals surface area contributed by atoms with Crippen molar-refractivity contribution in [2.24, 2.45) is 0 Å². The summed E-state index contributed by atoms with van der Waals surface area (Å²) in [6.07, 6.45) is 2.22. The van der Waals surface area contributed by atoms with Crippen molar-refractivity contribution in [3.63, 3.8) is 0 Å². The van der Waals surface area contributed by atoms with Crippen LogP contribution in [0.25, 0.3) is 0 Å². The molecule has 0 bridgehead atoms. The molecule has 0 saturated heterocycles. The van der Waals surface area contributed by atoms with Gasteiger partial charge in [0.1, 0.15) is 0 Å². The van der Waals surface area contributed by atoms with Gasteiger partial charge in [0, 0.05) is 17.8 Å². The van der Waals surface area contributed by atoms with E-state index in [-0.39, 0.29) is 11.2 Å². The number of benzene rings is 1. The summed E-state index contributed by atoms with van der Waals surface area (Å²) in [5.41, 5.74) is 1.47. The molecule has 1 aromatic heterocycles. The van der Waals surface area contributed by atoms with E-state index in [4.69, 9.17) is 23.2 Å². The molecule has 2 amide bonds. The van der Waals surface area contributed by atoms with Crippen LogP contribution in [0.2, 0.25) is 10.2 Å². The molecule has 0 aliphatic rings. The van der Waals surface area contributed by atoms with Crippen molar-refractivity contribution >= 4 is 34.9 Å². The van der Waals surface area contributed by atoms with Gasteiger partial charge in [0.15, 0.2) is 5.15 Å². The number of rotatable bonds is 4. The molecule has 104 valence electrons. The Bertz CT molecular complexity index is 604. The number of nitrogens with one attached hydrogen (secondary N) is 2. The highest BCUT2D eigenvalue weighted by Crippen LogP contribution is 2.17. The van der Waals surface area contributed by atoms with Crippen molar-refractivity contribution in [2.75, 3.05) is 11.9 Å². The lowest BCUT2D eigenvalue weighted by molar-refractivity contribution is 0.252. The van der Waals surface area contributed by atoms with Crippen LogP contribution in [-0.4, -0.2) is 17.6 Å². The van der Waals surface area contributed by atoms with E-state index in [2.05, 4.69) is 15.6 Å². The predicted molar refractivity (Wildman–Crippen MR) is 81.4 cm³/mol. The van der Waals surface area contributed by atoms with Gasteiger partial charge in [0.2, 0.25) is 0 Å². The molecule has 0 aliphatic carbocycles. The molecular formula is C14H13Cl2N3O. The van der Waals surface area contributed by atoms with Crippen molar-refractivity contribution in [3.05, 3.63) is 58.3 Å². The van der Waals surface area contributed by atoms with Gasteiger partial charge >= 0.3 is 6.03 Å². The number of pyridine rings is 1. The minimum absolute atomic E-state index is 0.258. The van der Waals surface area contributed by atoms with E-state index in [0.717, 1.165) is 5.56 Å². The molecule has 0 unspecified atom stereocenters. The van der Waals surface area contributed by atoms with Crippen LogP contribution >= 0.6 is 23.2 Å². The largest absolute Gasteiger partial charge is 0.338 e. The second kappa shape index (κ2) is 7.12. The van der Waals surface area contributed by atoms with Crippen LogP contribution in [0.5, 0.6) is 0 Å². The topological polar surface area (TPSA) is 54.0 Å². The van der Waals surface area contributed by atoms with E-state index in [0.29, 0.717) is 23.7 Å². The maximum atomic E-state index is 11.7. The lowest BCUT2D eigenvalue weighted by Gasteiger charge is -2.09. The Morgan fingerprint density at radius 1 is 1.15 bits per heavy atom. The third kappa shape index (κ3) is 4.11. The number of nitrogens with zero attached hydrogens (tertiary/aromatic N) is 1. The van der Waals surface area contributed by atoms with Gasteiger partial charge in [-0.05, 0) is 30.2 Å². The lowest BCUT2D eigenvalue weighted by Crippen LogP contribution is -2.30. The second-order valence-electron chi connectivity index (χ2n) is 4.06. The molecule has 2 N–H and O–H groups in total. The third-order valence-corrected chi connectivity index (χ3v) is 3.31. The van der Waals surface area contributed by atoms with Crippen molar-refractivity contribution < 1.29 is 4.79 Å². The van der Waals surface area contributed by atoms with Crippen LogP contribution in [0.4, 0.5) is 10.5 Å². The molecule has 0 saturated carbocycles. The third-order valence-electron chi connectivity index (χ3n) is 2.65. The monoisotopic (exact) mass is 309 g/mol. The van der Waals surface area contributed by atoms with E-state index < -0.39 is 0 Å². The highest BCUT2D eigenvalue weighted by molar-refractivity contribution is 6.32. The number of carbonyl (C=O) groups is 1. The van der Waals surface area contributed by atoms with Gasteiger partial charge in [-0.25, -0.2) is 9.78 Å². The van der Waals surface area contributed by atoms with Crippen LogP contribution < -0.4 is 10.6 Å². The Morgan fingerprint density at radius 3 is 2.70 bits per heavy atom. The number of anilines is 1. The number of halogens is 2. The molecule has 1 heterocycles. The fraction of sp³-hybridized carbons (Fsp3) is 0.143. The van der Waals surface area contributed by atoms with Gasteiger partial charge in [-0.1, -0.05) is 41.4 Å². The number of amides is 2. The Morgan fingerprint density at radius 2 is 1.95 bits per heavy atom. The maximum absolute atomic E-state index is 11.7. The predicted octanol–water partition coefficient (Wildman–Crippen LogP) is 3.75. The van der Waals surface area contributed by atoms with Crippen molar-refractivity contribution in [2.45, 2.75) is 6.42 Å². The molecule has 0 aliphatic heterocycles. The average Bonchev–Trinajstić information content (AvgIpc) is 2.43. The van der Waals surface area contributed by atoms with E-state index >= 15 is 0 Å². The summed E-state index contributed by atoms with van der Waals surface area (Å²) in [6, 6.07) is 10.6. The second-order valence-corrected chi connectivity index (χ2v) is 4.83. The SMILES string of the molecule is O=C(NCCc1ccccc1Cl)Nc1cccnc1Cl. The fourth-order valence-electron chi connectivity index (χ4n) is 1.66. The zero-order valence-corrected chi connectivity index (χ0v) is 12.1. The van der Waals surface area contributed by atoms with E-state index in [1.165, 1.54) is 0 Å². The Hall–Kier alpha value is -1.78. The molecule has 6 heteroatoms. The summed E-state index contributed by atoms with van der Waals surface area (Å²) in [5.74, 6) is 0. The van der Waals surface area contributed by atoms with Gasteiger partial charge in [0.05, 0.1) is 5.69 Å². The van der Waals surface area contributed by atoms with Crippen LogP contribution in [0.1, 0.15) is 5.56 Å². The van der Waals surface area contributed by atoms with Crippen LogP contribution in [0.3, 0.4) is 0 Å². The van der Waals surface area contributed by atoms with Gasteiger partial charge < -0.3 is 10.6 Å². The van der Waals surface area contributed by atoms with Crippen molar-refractivity contribution in [1.82, 2.24) is 10.3 Å². The summed E-state index contributed by atoms with van der Waals surface area (Å²) in [6.45, 7) is 0.480. The Kier molecular flexibility index (Phi) is 5.21. The van der Waals surface area contributed by atoms with E-state index in [1.807, 2.05) is 24.3 Å². The lowest BCUT2D eigenvalue weighted by atomic mass is 10.1. The summed E-state index contributed by atoms with van der Waals surface area (Å²) in [5, 5.41) is 6.33. The quantitative estimate of drug-likeness (QED) is 0.845.